The van der Waals surface area contributed by atoms with Crippen LogP contribution >= 0.6 is 0 Å². The molecule has 1 aliphatic heterocycles. The van der Waals surface area contributed by atoms with E-state index in [1.54, 1.807) is 42.5 Å². The number of ketones is 1. The van der Waals surface area contributed by atoms with E-state index in [0.29, 0.717) is 33.8 Å². The number of rotatable bonds is 8. The Hall–Kier alpha value is -4.93. The number of hydrogen-bond donors (Lipinski definition) is 1. The number of hydrogen-bond acceptors (Lipinski definition) is 8. The Morgan fingerprint density at radius 1 is 1.05 bits per heavy atom. The van der Waals surface area contributed by atoms with Crippen LogP contribution in [-0.4, -0.2) is 52.0 Å². The predicted octanol–water partition coefficient (Wildman–Crippen LogP) is 4.06. The highest BCUT2D eigenvalue weighted by molar-refractivity contribution is 6.08. The minimum absolute atomic E-state index is 0.0289. The van der Waals surface area contributed by atoms with Gasteiger partial charge in [0, 0.05) is 17.2 Å². The van der Waals surface area contributed by atoms with E-state index in [4.69, 9.17) is 14.2 Å². The zero-order valence-electron chi connectivity index (χ0n) is 23.5. The van der Waals surface area contributed by atoms with Gasteiger partial charge in [-0.2, -0.15) is 0 Å². The van der Waals surface area contributed by atoms with Crippen LogP contribution in [0, 0.1) is 0 Å². The van der Waals surface area contributed by atoms with Gasteiger partial charge in [-0.05, 0) is 63.6 Å². The number of anilines is 1. The number of nitrogens with zero attached hydrogens (tertiary/aromatic N) is 4. The molecule has 0 saturated carbocycles. The molecule has 0 unspecified atom stereocenters. The summed E-state index contributed by atoms with van der Waals surface area (Å²) in [5, 5.41) is 11.3. The van der Waals surface area contributed by atoms with Crippen LogP contribution in [0.4, 0.5) is 5.69 Å². The van der Waals surface area contributed by atoms with Crippen LogP contribution in [0.3, 0.4) is 0 Å². The zero-order chi connectivity index (χ0) is 29.3. The lowest BCUT2D eigenvalue weighted by atomic mass is 9.98. The number of carbonyl (C=O) groups excluding carboxylic acids is 3. The number of nitrogens with one attached hydrogen (secondary N) is 1. The van der Waals surface area contributed by atoms with Crippen LogP contribution in [0.1, 0.15) is 49.7 Å². The molecule has 1 atom stereocenters. The molecule has 0 aliphatic carbocycles. The summed E-state index contributed by atoms with van der Waals surface area (Å²) in [6.07, 6.45) is 0. The number of benzene rings is 3. The Balaban J connectivity index is 1.72. The van der Waals surface area contributed by atoms with Gasteiger partial charge in [0.15, 0.2) is 17.3 Å². The first kappa shape index (κ1) is 27.6. The molecule has 1 aliphatic rings. The molecule has 11 nitrogen and oxygen atoms in total. The number of aromatic nitrogens is 3. The summed E-state index contributed by atoms with van der Waals surface area (Å²) < 4.78 is 18.0. The molecule has 41 heavy (non-hydrogen) atoms. The Labute approximate surface area is 237 Å². The summed E-state index contributed by atoms with van der Waals surface area (Å²) in [7, 11) is 1.52. The van der Waals surface area contributed by atoms with E-state index < -0.39 is 23.4 Å². The summed E-state index contributed by atoms with van der Waals surface area (Å²) >= 11 is 0. The van der Waals surface area contributed by atoms with Gasteiger partial charge >= 0.3 is 0 Å². The molecule has 0 fully saturated rings. The zero-order valence-corrected chi connectivity index (χ0v) is 23.5. The largest absolute Gasteiger partial charge is 0.497 e. The second kappa shape index (κ2) is 10.9. The average Bonchev–Trinajstić information content (AvgIpc) is 3.56. The molecule has 0 saturated heterocycles. The van der Waals surface area contributed by atoms with Crippen molar-refractivity contribution in [1.82, 2.24) is 20.3 Å². The summed E-state index contributed by atoms with van der Waals surface area (Å²) in [6.45, 7) is 6.66. The number of para-hydroxylation sites is 1. The van der Waals surface area contributed by atoms with Crippen LogP contribution in [0.15, 0.2) is 60.7 Å². The standard InChI is InChI=1S/C30H31N5O6/c1-18(36)21-14-25-26(41-17-40-25)15-24(21)35(27(37)16-34-23-12-7-6-11-22(23)32-33-34)28(29(38)31-30(2,3)4)19-9-8-10-20(13-19)39-5/h6-15,28H,16-17H2,1-5H3,(H,31,38)/t28-/m0/s1. The Bertz CT molecular complexity index is 1640. The average molecular weight is 558 g/mol. The molecular formula is C30H31N5O6. The van der Waals surface area contributed by atoms with E-state index in [9.17, 15) is 14.4 Å². The van der Waals surface area contributed by atoms with E-state index >= 15 is 0 Å². The lowest BCUT2D eigenvalue weighted by molar-refractivity contribution is -0.128. The number of ether oxygens (including phenoxy) is 3. The molecule has 4 aromatic rings. The first-order valence-electron chi connectivity index (χ1n) is 13.1. The second-order valence-corrected chi connectivity index (χ2v) is 10.7. The van der Waals surface area contributed by atoms with Crippen LogP contribution < -0.4 is 24.4 Å². The van der Waals surface area contributed by atoms with Gasteiger partial charge in [0.2, 0.25) is 18.6 Å². The molecule has 2 heterocycles. The molecule has 11 heteroatoms. The van der Waals surface area contributed by atoms with Gasteiger partial charge in [-0.25, -0.2) is 4.68 Å². The van der Waals surface area contributed by atoms with E-state index in [0.717, 1.165) is 0 Å². The van der Waals surface area contributed by atoms with E-state index in [1.165, 1.54) is 29.7 Å². The molecule has 1 aromatic heterocycles. The third-order valence-electron chi connectivity index (χ3n) is 6.52. The highest BCUT2D eigenvalue weighted by Gasteiger charge is 2.37. The quantitative estimate of drug-likeness (QED) is 0.322. The minimum atomic E-state index is -1.19. The maximum absolute atomic E-state index is 14.4. The first-order valence-corrected chi connectivity index (χ1v) is 13.1. The second-order valence-electron chi connectivity index (χ2n) is 10.7. The van der Waals surface area contributed by atoms with Gasteiger partial charge < -0.3 is 19.5 Å². The van der Waals surface area contributed by atoms with Gasteiger partial charge in [0.25, 0.3) is 0 Å². The van der Waals surface area contributed by atoms with Crippen molar-refractivity contribution in [3.8, 4) is 17.2 Å². The van der Waals surface area contributed by atoms with Crippen molar-refractivity contribution < 1.29 is 28.6 Å². The first-order chi connectivity index (χ1) is 19.6. The molecule has 1 N–H and O–H groups in total. The summed E-state index contributed by atoms with van der Waals surface area (Å²) in [5.74, 6) is -0.0277. The topological polar surface area (TPSA) is 125 Å². The van der Waals surface area contributed by atoms with Crippen molar-refractivity contribution in [2.45, 2.75) is 45.8 Å². The lowest BCUT2D eigenvalue weighted by Crippen LogP contribution is -2.50. The fourth-order valence-electron chi connectivity index (χ4n) is 4.74. The van der Waals surface area contributed by atoms with Crippen LogP contribution in [-0.2, 0) is 16.1 Å². The smallest absolute Gasteiger partial charge is 0.249 e. The summed E-state index contributed by atoms with van der Waals surface area (Å²) in [6, 6.07) is 16.1. The maximum Gasteiger partial charge on any atom is 0.249 e. The molecule has 0 spiro atoms. The van der Waals surface area contributed by atoms with Crippen LogP contribution in [0.5, 0.6) is 17.2 Å². The Morgan fingerprint density at radius 2 is 1.78 bits per heavy atom. The molecule has 2 amide bonds. The van der Waals surface area contributed by atoms with Gasteiger partial charge in [-0.3, -0.25) is 19.3 Å². The molecule has 0 radical (unpaired) electrons. The van der Waals surface area contributed by atoms with E-state index in [2.05, 4.69) is 15.6 Å². The fourth-order valence-corrected chi connectivity index (χ4v) is 4.74. The van der Waals surface area contributed by atoms with E-state index in [1.807, 2.05) is 32.9 Å². The van der Waals surface area contributed by atoms with Crippen LogP contribution in [0.25, 0.3) is 11.0 Å². The normalized spacial score (nSPS) is 13.1. The SMILES string of the molecule is COc1cccc([C@@H](C(=O)NC(C)(C)C)N(C(=O)Cn2nnc3ccccc32)c2cc3c(cc2C(C)=O)OCO3)c1. The Morgan fingerprint density at radius 3 is 2.49 bits per heavy atom. The van der Waals surface area contributed by atoms with Crippen molar-refractivity contribution in [2.24, 2.45) is 0 Å². The van der Waals surface area contributed by atoms with Gasteiger partial charge in [0.05, 0.1) is 18.3 Å². The fraction of sp³-hybridized carbons (Fsp3) is 0.300. The number of amides is 2. The number of Topliss-reactive ketones (excluding diaryl/α,β-unsaturated/α-hetero) is 1. The lowest BCUT2D eigenvalue weighted by Gasteiger charge is -2.34. The maximum atomic E-state index is 14.4. The molecule has 3 aromatic carbocycles. The van der Waals surface area contributed by atoms with Gasteiger partial charge in [-0.15, -0.1) is 5.10 Å². The van der Waals surface area contributed by atoms with Crippen molar-refractivity contribution >= 4 is 34.3 Å². The van der Waals surface area contributed by atoms with Crippen LogP contribution in [0.2, 0.25) is 0 Å². The molecular weight excluding hydrogens is 526 g/mol. The molecule has 0 bridgehead atoms. The van der Waals surface area contributed by atoms with Crippen molar-refractivity contribution in [3.63, 3.8) is 0 Å². The van der Waals surface area contributed by atoms with Gasteiger partial charge in [-0.1, -0.05) is 29.5 Å². The Kier molecular flexibility index (Phi) is 7.36. The predicted molar refractivity (Wildman–Crippen MR) is 151 cm³/mol. The summed E-state index contributed by atoms with van der Waals surface area (Å²) in [5.41, 5.74) is 1.53. The van der Waals surface area contributed by atoms with Gasteiger partial charge in [0.1, 0.15) is 23.9 Å². The number of fused-ring (bicyclic) bond motifs is 2. The highest BCUT2D eigenvalue weighted by atomic mass is 16.7. The third-order valence-corrected chi connectivity index (χ3v) is 6.52. The number of carbonyl (C=O) groups is 3. The van der Waals surface area contributed by atoms with Crippen molar-refractivity contribution in [3.05, 3.63) is 71.8 Å². The summed E-state index contributed by atoms with van der Waals surface area (Å²) in [4.78, 5) is 42.8. The van der Waals surface area contributed by atoms with Crippen molar-refractivity contribution in [2.75, 3.05) is 18.8 Å². The minimum Gasteiger partial charge on any atom is -0.497 e. The monoisotopic (exact) mass is 557 g/mol. The molecule has 212 valence electrons. The highest BCUT2D eigenvalue weighted by Crippen LogP contribution is 2.42. The van der Waals surface area contributed by atoms with E-state index in [-0.39, 0.29) is 30.4 Å². The molecule has 5 rings (SSSR count). The third kappa shape index (κ3) is 5.69. The number of methoxy groups -OCH3 is 1. The van der Waals surface area contributed by atoms with Crippen molar-refractivity contribution in [1.29, 1.82) is 0 Å².